The third-order valence-electron chi connectivity index (χ3n) is 0.0756. The van der Waals surface area contributed by atoms with E-state index >= 15 is 0 Å². The zero-order valence-corrected chi connectivity index (χ0v) is 4.04. The summed E-state index contributed by atoms with van der Waals surface area (Å²) in [5.74, 6) is 0. The maximum atomic E-state index is 10.6. The van der Waals surface area contributed by atoms with Crippen LogP contribution in [-0.4, -0.2) is 0 Å². The molecule has 0 aromatic rings. The SMILES string of the molecule is F/P=N/PF. The standard InChI is InChI=1S/F2HNP2/c1-4-3-5-2/h4H. The van der Waals surface area contributed by atoms with E-state index in [-0.39, 0.29) is 0 Å². The van der Waals surface area contributed by atoms with Gasteiger partial charge in [0.15, 0.2) is 9.04 Å². The lowest BCUT2D eigenvalue weighted by atomic mass is 13.9. The van der Waals surface area contributed by atoms with Crippen LogP contribution in [0.2, 0.25) is 0 Å². The van der Waals surface area contributed by atoms with E-state index in [9.17, 15) is 8.39 Å². The van der Waals surface area contributed by atoms with Crippen LogP contribution >= 0.6 is 17.7 Å². The summed E-state index contributed by atoms with van der Waals surface area (Å²) in [6.45, 7) is 0. The average Bonchev–Trinajstić information content (AvgIpc) is 1.41. The fourth-order valence-corrected chi connectivity index (χ4v) is 0.129. The monoisotopic (exact) mass is 115 g/mol. The molecule has 0 aromatic carbocycles. The van der Waals surface area contributed by atoms with Crippen LogP contribution in [0.3, 0.4) is 0 Å². The molecule has 30 valence electrons. The zero-order chi connectivity index (χ0) is 4.12. The third-order valence-corrected chi connectivity index (χ3v) is 0.680. The molecule has 0 fully saturated rings. The molecule has 1 atom stereocenters. The molecule has 0 amide bonds. The topological polar surface area (TPSA) is 12.4 Å². The summed E-state index contributed by atoms with van der Waals surface area (Å²) in [6, 6.07) is 0. The van der Waals surface area contributed by atoms with Gasteiger partial charge in [0.1, 0.15) is 0 Å². The van der Waals surface area contributed by atoms with E-state index in [1.807, 2.05) is 0 Å². The molecule has 1 unspecified atom stereocenters. The van der Waals surface area contributed by atoms with Crippen molar-refractivity contribution in [2.45, 2.75) is 0 Å². The average molecular weight is 115 g/mol. The van der Waals surface area contributed by atoms with Crippen LogP contribution < -0.4 is 0 Å². The Kier molecular flexibility index (Phi) is 4.73. The lowest BCUT2D eigenvalue weighted by Crippen LogP contribution is -1.04. The van der Waals surface area contributed by atoms with Gasteiger partial charge in [0, 0.05) is 0 Å². The van der Waals surface area contributed by atoms with Gasteiger partial charge in [0.2, 0.25) is 8.68 Å². The maximum Gasteiger partial charge on any atom is 0.230 e. The number of hydrogen-bond donors (Lipinski definition) is 0. The quantitative estimate of drug-likeness (QED) is 0.465. The highest BCUT2D eigenvalue weighted by Crippen LogP contribution is 2.18. The molecule has 0 saturated carbocycles. The van der Waals surface area contributed by atoms with Crippen LogP contribution in [0.15, 0.2) is 4.52 Å². The molecule has 5 heavy (non-hydrogen) atoms. The lowest BCUT2D eigenvalue weighted by molar-refractivity contribution is 0.910. The summed E-state index contributed by atoms with van der Waals surface area (Å²) in [5.41, 5.74) is 0. The van der Waals surface area contributed by atoms with Gasteiger partial charge in [-0.1, -0.05) is 0 Å². The molecule has 0 N–H and O–H groups in total. The molecule has 5 heteroatoms. The molecule has 0 saturated heterocycles. The first kappa shape index (κ1) is 5.39. The fraction of sp³-hybridized carbons (Fsp3) is 0. The van der Waals surface area contributed by atoms with Gasteiger partial charge in [-0.05, 0) is 0 Å². The molecular weight excluding hydrogens is 114 g/mol. The smallest absolute Gasteiger partial charge is 0.204 e. The largest absolute Gasteiger partial charge is 0.230 e. The molecule has 1 nitrogen and oxygen atoms in total. The minimum Gasteiger partial charge on any atom is -0.204 e. The van der Waals surface area contributed by atoms with E-state index in [1.54, 1.807) is 0 Å². The summed E-state index contributed by atoms with van der Waals surface area (Å²) < 4.78 is 23.8. The van der Waals surface area contributed by atoms with Gasteiger partial charge in [-0.15, -0.1) is 0 Å². The Morgan fingerprint density at radius 1 is 1.80 bits per heavy atom. The van der Waals surface area contributed by atoms with Gasteiger partial charge in [-0.2, -0.15) is 8.71 Å². The van der Waals surface area contributed by atoms with Crippen molar-refractivity contribution in [1.29, 1.82) is 0 Å². The zero-order valence-electron chi connectivity index (χ0n) is 2.15. The van der Waals surface area contributed by atoms with Crippen LogP contribution in [0.5, 0.6) is 0 Å². The highest BCUT2D eigenvalue weighted by Gasteiger charge is 1.61. The summed E-state index contributed by atoms with van der Waals surface area (Å²) in [7, 11) is -1.81. The predicted octanol–water partition coefficient (Wildman–Crippen LogP) is 2.48. The van der Waals surface area contributed by atoms with Crippen molar-refractivity contribution in [2.75, 3.05) is 0 Å². The van der Waals surface area contributed by atoms with E-state index in [4.69, 9.17) is 0 Å². The minimum absolute atomic E-state index is 0.708. The second-order valence-electron chi connectivity index (χ2n) is 0.260. The number of hydrogen-bond acceptors (Lipinski definition) is 1. The summed E-state index contributed by atoms with van der Waals surface area (Å²) in [6.07, 6.45) is 0. The first-order valence-electron chi connectivity index (χ1n) is 0.782. The Hall–Kier alpha value is 0.390. The second-order valence-corrected chi connectivity index (χ2v) is 1.38. The van der Waals surface area contributed by atoms with E-state index in [0.717, 1.165) is 0 Å². The van der Waals surface area contributed by atoms with Crippen molar-refractivity contribution in [3.05, 3.63) is 0 Å². The Bertz CT molecular complexity index is 34.6. The van der Waals surface area contributed by atoms with Crippen LogP contribution in [0.25, 0.3) is 0 Å². The number of rotatable bonds is 1. The van der Waals surface area contributed by atoms with Crippen LogP contribution in [-0.2, 0) is 0 Å². The minimum atomic E-state index is -1.10. The van der Waals surface area contributed by atoms with Crippen molar-refractivity contribution in [2.24, 2.45) is 4.52 Å². The van der Waals surface area contributed by atoms with Gasteiger partial charge >= 0.3 is 0 Å². The number of nitrogens with zero attached hydrogens (tertiary/aromatic N) is 1. The van der Waals surface area contributed by atoms with Crippen molar-refractivity contribution < 1.29 is 8.39 Å². The van der Waals surface area contributed by atoms with Crippen LogP contribution in [0.1, 0.15) is 0 Å². The van der Waals surface area contributed by atoms with Crippen molar-refractivity contribution in [3.63, 3.8) is 0 Å². The summed E-state index contributed by atoms with van der Waals surface area (Å²) >= 11 is 0. The molecule has 0 bridgehead atoms. The molecule has 0 rings (SSSR count). The molecule has 0 aliphatic carbocycles. The molecule has 0 heterocycles. The van der Waals surface area contributed by atoms with E-state index in [0.29, 0.717) is 0 Å². The predicted molar refractivity (Wildman–Crippen MR) is 19.9 cm³/mol. The maximum absolute atomic E-state index is 10.6. The van der Waals surface area contributed by atoms with Gasteiger partial charge in [-0.25, -0.2) is 4.20 Å². The first-order chi connectivity index (χ1) is 2.41. The normalized spacial score (nSPS) is 12.4. The van der Waals surface area contributed by atoms with Crippen LogP contribution in [0, 0.1) is 0 Å². The van der Waals surface area contributed by atoms with Gasteiger partial charge in [0.25, 0.3) is 0 Å². The highest BCUT2D eigenvalue weighted by atomic mass is 31.1. The van der Waals surface area contributed by atoms with E-state index < -0.39 is 17.7 Å². The van der Waals surface area contributed by atoms with Crippen molar-refractivity contribution in [3.8, 4) is 0 Å². The van der Waals surface area contributed by atoms with Gasteiger partial charge in [0.05, 0.1) is 0 Å². The summed E-state index contributed by atoms with van der Waals surface area (Å²) in [5, 5.41) is 0. The Morgan fingerprint density at radius 3 is 2.40 bits per heavy atom. The van der Waals surface area contributed by atoms with Gasteiger partial charge < -0.3 is 0 Å². The van der Waals surface area contributed by atoms with Crippen molar-refractivity contribution in [1.82, 2.24) is 0 Å². The van der Waals surface area contributed by atoms with E-state index in [2.05, 4.69) is 4.52 Å². The molecule has 0 spiro atoms. The van der Waals surface area contributed by atoms with E-state index in [1.165, 1.54) is 0 Å². The molecule has 0 aliphatic heterocycles. The van der Waals surface area contributed by atoms with Crippen LogP contribution in [0.4, 0.5) is 8.39 Å². The molecule has 0 radical (unpaired) electrons. The second kappa shape index (κ2) is 4.39. The Labute approximate surface area is 31.7 Å². The molecule has 0 aliphatic rings. The Balaban J connectivity index is 2.62. The van der Waals surface area contributed by atoms with Gasteiger partial charge in [-0.3, -0.25) is 0 Å². The molecule has 0 aromatic heterocycles. The lowest BCUT2D eigenvalue weighted by Gasteiger charge is -1.58. The Morgan fingerprint density at radius 2 is 2.40 bits per heavy atom. The molecular formula is HF2NP2. The third kappa shape index (κ3) is 4.39. The fourth-order valence-electron chi connectivity index (χ4n) is 0.0143. The summed E-state index contributed by atoms with van der Waals surface area (Å²) in [4.78, 5) is 0. The van der Waals surface area contributed by atoms with Crippen molar-refractivity contribution >= 4 is 17.7 Å². The first-order valence-corrected chi connectivity index (χ1v) is 2.34. The number of halogens is 2. The highest BCUT2D eigenvalue weighted by molar-refractivity contribution is 7.38.